The first-order valence-electron chi connectivity index (χ1n) is 1.53. The van der Waals surface area contributed by atoms with Gasteiger partial charge in [-0.1, -0.05) is 0 Å². The van der Waals surface area contributed by atoms with Crippen molar-refractivity contribution in [3.05, 3.63) is 0 Å². The molecule has 0 saturated carbocycles. The van der Waals surface area contributed by atoms with Crippen LogP contribution < -0.4 is 175 Å². The van der Waals surface area contributed by atoms with E-state index in [1.54, 1.807) is 0 Å². The van der Waals surface area contributed by atoms with Gasteiger partial charge in [-0.15, -0.1) is 0 Å². The quantitative estimate of drug-likeness (QED) is 0.240. The second kappa shape index (κ2) is 25.4. The molecule has 0 atom stereocenters. The van der Waals surface area contributed by atoms with Crippen LogP contribution in [0.5, 0.6) is 0 Å². The van der Waals surface area contributed by atoms with Crippen LogP contribution in [-0.4, -0.2) is 19.6 Å². The van der Waals surface area contributed by atoms with E-state index in [0.29, 0.717) is 0 Å². The summed E-state index contributed by atoms with van der Waals surface area (Å²) in [6.07, 6.45) is 0. The number of rotatable bonds is 0. The monoisotopic (exact) mass is 372 g/mol. The van der Waals surface area contributed by atoms with E-state index in [1.807, 2.05) is 0 Å². The standard InChI is InChI=1S/2ClH.K.3Na.2H3O4P/c;;;;;;2*1-5(2,3)4/h2*1H;;;;;2*(H3,1,2,3,4)/q;;4*+1;;/p-4. The fourth-order valence-electron chi connectivity index (χ4n) is 0. The molecule has 0 spiro atoms. The van der Waals surface area contributed by atoms with Crippen molar-refractivity contribution in [2.45, 2.75) is 0 Å². The third-order valence-electron chi connectivity index (χ3n) is 0. The van der Waals surface area contributed by atoms with Gasteiger partial charge in [-0.2, -0.15) is 0 Å². The van der Waals surface area contributed by atoms with Crippen molar-refractivity contribution >= 4 is 15.6 Å². The normalized spacial score (nSPS) is 7.38. The van der Waals surface area contributed by atoms with Crippen molar-refractivity contribution in [2.24, 2.45) is 0 Å². The van der Waals surface area contributed by atoms with E-state index in [-0.39, 0.29) is 165 Å². The van der Waals surface area contributed by atoms with Crippen LogP contribution in [0.2, 0.25) is 0 Å². The maximum atomic E-state index is 8.77. The minimum absolute atomic E-state index is 0. The number of hydrogen-bond donors (Lipinski definition) is 4. The van der Waals surface area contributed by atoms with Gasteiger partial charge < -0.3 is 54.2 Å². The van der Waals surface area contributed by atoms with E-state index < -0.39 is 15.6 Å². The Bertz CT molecular complexity index is 144. The largest absolute Gasteiger partial charge is 1.00 e. The summed E-state index contributed by atoms with van der Waals surface area (Å²) < 4.78 is 17.5. The van der Waals surface area contributed by atoms with E-state index in [2.05, 4.69) is 0 Å². The van der Waals surface area contributed by atoms with E-state index in [9.17, 15) is 0 Å². The summed E-state index contributed by atoms with van der Waals surface area (Å²) in [7, 11) is -9.78. The Hall–Kier alpha value is 5.44. The molecular formula is H4Cl2KNa3O8P2. The van der Waals surface area contributed by atoms with E-state index >= 15 is 0 Å². The van der Waals surface area contributed by atoms with Crippen LogP contribution in [-0.2, 0) is 9.13 Å². The van der Waals surface area contributed by atoms with Gasteiger partial charge in [0.1, 0.15) is 0 Å². The molecule has 16 heteroatoms. The van der Waals surface area contributed by atoms with Gasteiger partial charge >= 0.3 is 140 Å². The zero-order chi connectivity index (χ0) is 9.00. The molecule has 0 aliphatic rings. The van der Waals surface area contributed by atoms with Gasteiger partial charge in [0.15, 0.2) is 0 Å². The molecule has 0 radical (unpaired) electrons. The average molecular weight is 373 g/mol. The Morgan fingerprint density at radius 3 is 0.688 bits per heavy atom. The van der Waals surface area contributed by atoms with Gasteiger partial charge in [0, 0.05) is 0 Å². The fourth-order valence-corrected chi connectivity index (χ4v) is 0. The molecular weight excluding hydrogens is 369 g/mol. The van der Waals surface area contributed by atoms with Crippen molar-refractivity contribution in [1.29, 1.82) is 0 Å². The number of phosphoric acid groups is 2. The van der Waals surface area contributed by atoms with Gasteiger partial charge in [-0.05, 0) is 0 Å². The Morgan fingerprint density at radius 2 is 0.688 bits per heavy atom. The molecule has 0 bridgehead atoms. The molecule has 0 aromatic carbocycles. The summed E-state index contributed by atoms with van der Waals surface area (Å²) in [6, 6.07) is 0. The Balaban J connectivity index is -0.00000000970. The van der Waals surface area contributed by atoms with Crippen LogP contribution in [0.1, 0.15) is 0 Å². The Kier molecular flexibility index (Phi) is 78.7. The van der Waals surface area contributed by atoms with Gasteiger partial charge in [-0.25, -0.2) is 0 Å². The SMILES string of the molecule is O=P([O-])(O)O.O=P([O-])(O)O.[Cl-].[Cl-].[K+].[Na+].[Na+].[Na+]. The van der Waals surface area contributed by atoms with Crippen LogP contribution in [0.15, 0.2) is 0 Å². The molecule has 0 saturated heterocycles. The minimum Gasteiger partial charge on any atom is -1.00 e. The zero-order valence-electron chi connectivity index (χ0n) is 9.07. The first-order chi connectivity index (χ1) is 4.00. The van der Waals surface area contributed by atoms with Crippen LogP contribution in [0.25, 0.3) is 0 Å². The van der Waals surface area contributed by atoms with Crippen LogP contribution >= 0.6 is 15.6 Å². The minimum atomic E-state index is -4.89. The van der Waals surface area contributed by atoms with Crippen molar-refractivity contribution in [3.63, 3.8) is 0 Å². The summed E-state index contributed by atoms with van der Waals surface area (Å²) >= 11 is 0. The molecule has 4 N–H and O–H groups in total. The molecule has 0 unspecified atom stereocenters. The van der Waals surface area contributed by atoms with Crippen LogP contribution in [0, 0.1) is 0 Å². The predicted octanol–water partition coefficient (Wildman–Crippen LogP) is -21.1. The number of halogens is 2. The smallest absolute Gasteiger partial charge is 1.00 e. The molecule has 0 heterocycles. The molecule has 0 aliphatic carbocycles. The maximum absolute atomic E-state index is 8.77. The van der Waals surface area contributed by atoms with Crippen molar-refractivity contribution in [1.82, 2.24) is 0 Å². The van der Waals surface area contributed by atoms with Crippen molar-refractivity contribution in [3.8, 4) is 0 Å². The third-order valence-corrected chi connectivity index (χ3v) is 0. The second-order valence-corrected chi connectivity index (χ2v) is 2.94. The van der Waals surface area contributed by atoms with Crippen LogP contribution in [0.4, 0.5) is 0 Å². The predicted molar refractivity (Wildman–Crippen MR) is 24.1 cm³/mol. The molecule has 80 valence electrons. The molecule has 0 fully saturated rings. The summed E-state index contributed by atoms with van der Waals surface area (Å²) in [5.41, 5.74) is 0. The molecule has 16 heavy (non-hydrogen) atoms. The molecule has 0 aromatic heterocycles. The molecule has 0 rings (SSSR count). The Labute approximate surface area is 214 Å². The van der Waals surface area contributed by atoms with E-state index in [1.165, 1.54) is 0 Å². The van der Waals surface area contributed by atoms with E-state index in [0.717, 1.165) is 0 Å². The van der Waals surface area contributed by atoms with Crippen LogP contribution in [0.3, 0.4) is 0 Å². The summed E-state index contributed by atoms with van der Waals surface area (Å²) in [6.45, 7) is 0. The summed E-state index contributed by atoms with van der Waals surface area (Å²) in [5.74, 6) is 0. The summed E-state index contributed by atoms with van der Waals surface area (Å²) in [4.78, 5) is 45.8. The first-order valence-corrected chi connectivity index (χ1v) is 4.59. The summed E-state index contributed by atoms with van der Waals surface area (Å²) in [5, 5.41) is 0. The molecule has 0 aliphatic heterocycles. The average Bonchev–Trinajstić information content (AvgIpc) is 1.12. The van der Waals surface area contributed by atoms with E-state index in [4.69, 9.17) is 38.5 Å². The third kappa shape index (κ3) is 224. The Morgan fingerprint density at radius 1 is 0.688 bits per heavy atom. The van der Waals surface area contributed by atoms with Gasteiger partial charge in [0.05, 0.1) is 0 Å². The molecule has 0 amide bonds. The topological polar surface area (TPSA) is 161 Å². The van der Waals surface area contributed by atoms with Gasteiger partial charge in [-0.3, -0.25) is 9.13 Å². The molecule has 0 aromatic rings. The fraction of sp³-hybridized carbons (Fsp3) is 0. The van der Waals surface area contributed by atoms with Crippen molar-refractivity contribution < 1.29 is 203 Å². The first kappa shape index (κ1) is 49.6. The number of hydrogen-bond acceptors (Lipinski definition) is 4. The second-order valence-electron chi connectivity index (χ2n) is 0.981. The van der Waals surface area contributed by atoms with Crippen molar-refractivity contribution in [2.75, 3.05) is 0 Å². The van der Waals surface area contributed by atoms with Gasteiger partial charge in [0.25, 0.3) is 15.6 Å². The molecule has 8 nitrogen and oxygen atoms in total. The zero-order valence-corrected chi connectivity index (χ0v) is 21.5. The maximum Gasteiger partial charge on any atom is 1.00 e. The van der Waals surface area contributed by atoms with Gasteiger partial charge in [0.2, 0.25) is 0 Å².